The molecule has 0 aliphatic carbocycles. The van der Waals surface area contributed by atoms with E-state index in [4.69, 9.17) is 0 Å². The van der Waals surface area contributed by atoms with Crippen LogP contribution in [0.15, 0.2) is 53.2 Å². The van der Waals surface area contributed by atoms with Crippen molar-refractivity contribution < 1.29 is 4.39 Å². The molecule has 4 heteroatoms. The lowest BCUT2D eigenvalue weighted by Gasteiger charge is -2.30. The molecular formula is C21H26FN3. The summed E-state index contributed by atoms with van der Waals surface area (Å²) in [5.74, 6) is 6.29. The van der Waals surface area contributed by atoms with E-state index in [1.807, 2.05) is 24.3 Å². The Morgan fingerprint density at radius 3 is 2.68 bits per heavy atom. The molecule has 0 aromatic heterocycles. The molecule has 25 heavy (non-hydrogen) atoms. The summed E-state index contributed by atoms with van der Waals surface area (Å²) in [7, 11) is 1.71. The summed E-state index contributed by atoms with van der Waals surface area (Å²) in [6.45, 7) is 3.65. The van der Waals surface area contributed by atoms with Gasteiger partial charge in [-0.15, -0.1) is 0 Å². The molecule has 0 saturated carbocycles. The minimum absolute atomic E-state index is 0.617. The van der Waals surface area contributed by atoms with Crippen LogP contribution in [0, 0.1) is 11.8 Å². The third-order valence-electron chi connectivity index (χ3n) is 3.98. The van der Waals surface area contributed by atoms with E-state index in [2.05, 4.69) is 52.2 Å². The lowest BCUT2D eigenvalue weighted by atomic mass is 10.1. The van der Waals surface area contributed by atoms with E-state index in [9.17, 15) is 4.39 Å². The number of allylic oxidation sites excluding steroid dienone is 4. The van der Waals surface area contributed by atoms with Gasteiger partial charge < -0.3 is 10.2 Å². The summed E-state index contributed by atoms with van der Waals surface area (Å²) in [6, 6.07) is 8.14. The number of alkyl halides is 1. The van der Waals surface area contributed by atoms with Crippen molar-refractivity contribution in [1.82, 2.24) is 5.32 Å². The SMILES string of the molecule is CC/C=C/C=C(/C#Cc1ccc(N2CCC(F)CC2)cc1)NC=NC. The highest BCUT2D eigenvalue weighted by atomic mass is 19.1. The minimum Gasteiger partial charge on any atom is -0.371 e. The molecule has 2 rings (SSSR count). The van der Waals surface area contributed by atoms with Crippen LogP contribution >= 0.6 is 0 Å². The smallest absolute Gasteiger partial charge is 0.103 e. The molecule has 1 aliphatic rings. The van der Waals surface area contributed by atoms with Crippen LogP contribution in [0.3, 0.4) is 0 Å². The van der Waals surface area contributed by atoms with E-state index < -0.39 is 6.17 Å². The Balaban J connectivity index is 2.05. The van der Waals surface area contributed by atoms with Gasteiger partial charge in [-0.25, -0.2) is 4.39 Å². The van der Waals surface area contributed by atoms with E-state index in [0.29, 0.717) is 12.8 Å². The molecule has 1 fully saturated rings. The number of halogens is 1. The molecule has 1 aromatic carbocycles. The predicted molar refractivity (Wildman–Crippen MR) is 105 cm³/mol. The summed E-state index contributed by atoms with van der Waals surface area (Å²) in [5.41, 5.74) is 2.88. The van der Waals surface area contributed by atoms with Crippen molar-refractivity contribution in [1.29, 1.82) is 0 Å². The van der Waals surface area contributed by atoms with Crippen LogP contribution in [-0.2, 0) is 0 Å². The van der Waals surface area contributed by atoms with Crippen molar-refractivity contribution in [2.45, 2.75) is 32.4 Å². The van der Waals surface area contributed by atoms with Crippen LogP contribution in [0.4, 0.5) is 10.1 Å². The van der Waals surface area contributed by atoms with Gasteiger partial charge in [-0.05, 0) is 55.5 Å². The van der Waals surface area contributed by atoms with Gasteiger partial charge in [0.25, 0.3) is 0 Å². The Hall–Kier alpha value is -2.54. The Kier molecular flexibility index (Phi) is 7.78. The first kappa shape index (κ1) is 18.8. The van der Waals surface area contributed by atoms with Crippen molar-refractivity contribution in [2.24, 2.45) is 4.99 Å². The monoisotopic (exact) mass is 339 g/mol. The number of anilines is 1. The molecule has 1 heterocycles. The highest BCUT2D eigenvalue weighted by Crippen LogP contribution is 2.21. The van der Waals surface area contributed by atoms with Crippen molar-refractivity contribution in [2.75, 3.05) is 25.0 Å². The topological polar surface area (TPSA) is 27.6 Å². The van der Waals surface area contributed by atoms with Crippen molar-refractivity contribution >= 4 is 12.0 Å². The number of nitrogens with zero attached hydrogens (tertiary/aromatic N) is 2. The van der Waals surface area contributed by atoms with Gasteiger partial charge in [-0.3, -0.25) is 4.99 Å². The highest BCUT2D eigenvalue weighted by Gasteiger charge is 2.18. The molecule has 0 radical (unpaired) electrons. The largest absolute Gasteiger partial charge is 0.371 e. The standard InChI is InChI=1S/C21H26FN3/c1-3-4-5-6-20(24-17-23-2)10-7-18-8-11-21(12-9-18)25-15-13-19(22)14-16-25/h4-6,8-9,11-12,17,19H,3,13-16H2,1-2H3,(H,23,24)/b5-4+,20-6-. The fourth-order valence-electron chi connectivity index (χ4n) is 2.56. The fraction of sp³-hybridized carbons (Fsp3) is 0.381. The van der Waals surface area contributed by atoms with Gasteiger partial charge in [0.2, 0.25) is 0 Å². The van der Waals surface area contributed by atoms with Gasteiger partial charge in [-0.2, -0.15) is 0 Å². The second-order valence-electron chi connectivity index (χ2n) is 5.91. The summed E-state index contributed by atoms with van der Waals surface area (Å²) >= 11 is 0. The van der Waals surface area contributed by atoms with E-state index in [1.165, 1.54) is 0 Å². The maximum absolute atomic E-state index is 13.2. The molecule has 0 spiro atoms. The number of benzene rings is 1. The molecule has 1 aliphatic heterocycles. The molecule has 132 valence electrons. The maximum Gasteiger partial charge on any atom is 0.103 e. The average molecular weight is 339 g/mol. The van der Waals surface area contributed by atoms with Crippen LogP contribution in [0.25, 0.3) is 0 Å². The molecule has 1 N–H and O–H groups in total. The highest BCUT2D eigenvalue weighted by molar-refractivity contribution is 5.60. The zero-order chi connectivity index (χ0) is 17.9. The quantitative estimate of drug-likeness (QED) is 0.379. The van der Waals surface area contributed by atoms with E-state index in [0.717, 1.165) is 36.5 Å². The molecule has 3 nitrogen and oxygen atoms in total. The van der Waals surface area contributed by atoms with Gasteiger partial charge in [0.15, 0.2) is 0 Å². The van der Waals surface area contributed by atoms with E-state index in [1.54, 1.807) is 13.4 Å². The molecule has 0 unspecified atom stereocenters. The summed E-state index contributed by atoms with van der Waals surface area (Å²) < 4.78 is 13.2. The first-order valence-corrected chi connectivity index (χ1v) is 8.78. The molecule has 0 bridgehead atoms. The first-order valence-electron chi connectivity index (χ1n) is 8.78. The number of nitrogens with one attached hydrogen (secondary N) is 1. The number of piperidine rings is 1. The number of aliphatic imine (C=N–C) groups is 1. The average Bonchev–Trinajstić information content (AvgIpc) is 2.65. The summed E-state index contributed by atoms with van der Waals surface area (Å²) in [6.07, 6.45) is 9.19. The Morgan fingerprint density at radius 2 is 2.04 bits per heavy atom. The zero-order valence-electron chi connectivity index (χ0n) is 15.0. The van der Waals surface area contributed by atoms with E-state index >= 15 is 0 Å². The first-order chi connectivity index (χ1) is 12.2. The van der Waals surface area contributed by atoms with Crippen LogP contribution in [0.2, 0.25) is 0 Å². The fourth-order valence-corrected chi connectivity index (χ4v) is 2.56. The van der Waals surface area contributed by atoms with Crippen molar-refractivity contribution in [3.8, 4) is 11.8 Å². The molecule has 0 atom stereocenters. The second kappa shape index (κ2) is 10.4. The van der Waals surface area contributed by atoms with E-state index in [-0.39, 0.29) is 0 Å². The van der Waals surface area contributed by atoms with Gasteiger partial charge in [0.1, 0.15) is 6.17 Å². The minimum atomic E-state index is -0.646. The summed E-state index contributed by atoms with van der Waals surface area (Å²) in [5, 5.41) is 3.07. The Bertz CT molecular complexity index is 669. The Labute approximate surface area is 150 Å². The maximum atomic E-state index is 13.2. The van der Waals surface area contributed by atoms with Gasteiger partial charge in [0.05, 0.1) is 12.0 Å². The van der Waals surface area contributed by atoms with Crippen molar-refractivity contribution in [3.05, 3.63) is 53.8 Å². The van der Waals surface area contributed by atoms with Crippen LogP contribution in [0.5, 0.6) is 0 Å². The third-order valence-corrected chi connectivity index (χ3v) is 3.98. The lowest BCUT2D eigenvalue weighted by molar-refractivity contribution is 0.277. The number of hydrogen-bond acceptors (Lipinski definition) is 2. The van der Waals surface area contributed by atoms with Crippen LogP contribution in [-0.4, -0.2) is 32.6 Å². The predicted octanol–water partition coefficient (Wildman–Crippen LogP) is 4.07. The Morgan fingerprint density at radius 1 is 1.32 bits per heavy atom. The zero-order valence-corrected chi connectivity index (χ0v) is 15.0. The van der Waals surface area contributed by atoms with Crippen LogP contribution < -0.4 is 10.2 Å². The second-order valence-corrected chi connectivity index (χ2v) is 5.91. The van der Waals surface area contributed by atoms with Gasteiger partial charge >= 0.3 is 0 Å². The lowest BCUT2D eigenvalue weighted by Crippen LogP contribution is -2.34. The molecule has 1 aromatic rings. The van der Waals surface area contributed by atoms with Gasteiger partial charge in [0, 0.05) is 31.4 Å². The molecule has 0 amide bonds. The normalized spacial score (nSPS) is 16.3. The van der Waals surface area contributed by atoms with Gasteiger partial charge in [-0.1, -0.05) is 25.0 Å². The van der Waals surface area contributed by atoms with Crippen LogP contribution in [0.1, 0.15) is 31.7 Å². The summed E-state index contributed by atoms with van der Waals surface area (Å²) in [4.78, 5) is 6.16. The number of rotatable bonds is 5. The molecular weight excluding hydrogens is 313 g/mol. The van der Waals surface area contributed by atoms with Crippen molar-refractivity contribution in [3.63, 3.8) is 0 Å². The number of hydrogen-bond donors (Lipinski definition) is 1. The molecule has 1 saturated heterocycles. The third kappa shape index (κ3) is 6.46.